The van der Waals surface area contributed by atoms with Crippen molar-refractivity contribution in [3.8, 4) is 0 Å². The Hall–Kier alpha value is -1.72. The lowest BCUT2D eigenvalue weighted by Gasteiger charge is -2.22. The maximum atomic E-state index is 5.77. The van der Waals surface area contributed by atoms with Crippen LogP contribution in [0.2, 0.25) is 0 Å². The molecular weight excluding hydrogens is 264 g/mol. The van der Waals surface area contributed by atoms with Gasteiger partial charge in [-0.25, -0.2) is 0 Å². The summed E-state index contributed by atoms with van der Waals surface area (Å²) in [6.45, 7) is 7.58. The normalized spacial score (nSPS) is 16.1. The van der Waals surface area contributed by atoms with Crippen molar-refractivity contribution >= 4 is 0 Å². The summed E-state index contributed by atoms with van der Waals surface area (Å²) in [6, 6.07) is 4.55. The van der Waals surface area contributed by atoms with E-state index in [1.165, 1.54) is 17.7 Å². The summed E-state index contributed by atoms with van der Waals surface area (Å²) >= 11 is 0. The molecule has 1 aliphatic rings. The Labute approximate surface area is 125 Å². The number of rotatable bonds is 6. The molecule has 2 aromatic rings. The molecule has 3 heterocycles. The number of nitrogens with one attached hydrogen (secondary N) is 1. The Morgan fingerprint density at radius 1 is 1.38 bits per heavy atom. The number of fused-ring (bicyclic) bond motifs is 1. The van der Waals surface area contributed by atoms with Crippen LogP contribution in [0.25, 0.3) is 0 Å². The van der Waals surface area contributed by atoms with Gasteiger partial charge < -0.3 is 4.74 Å². The van der Waals surface area contributed by atoms with Crippen LogP contribution in [-0.4, -0.2) is 26.1 Å². The molecule has 0 radical (unpaired) electrons. The molecule has 1 N–H and O–H groups in total. The number of hydrogen-bond acceptors (Lipinski definition) is 4. The first-order chi connectivity index (χ1) is 10.3. The molecule has 21 heavy (non-hydrogen) atoms. The Bertz CT molecular complexity index is 581. The predicted octanol–water partition coefficient (Wildman–Crippen LogP) is 2.64. The summed E-state index contributed by atoms with van der Waals surface area (Å²) in [5, 5.41) is 7.56. The third kappa shape index (κ3) is 3.14. The fourth-order valence-electron chi connectivity index (χ4n) is 2.66. The number of H-pyrrole nitrogens is 1. The lowest BCUT2D eigenvalue weighted by Crippen LogP contribution is -2.27. The molecule has 5 heteroatoms. The van der Waals surface area contributed by atoms with Gasteiger partial charge in [-0.3, -0.25) is 15.0 Å². The van der Waals surface area contributed by atoms with Crippen molar-refractivity contribution < 1.29 is 4.74 Å². The molecule has 2 aromatic heterocycles. The van der Waals surface area contributed by atoms with Crippen LogP contribution in [0.1, 0.15) is 42.8 Å². The fourth-order valence-corrected chi connectivity index (χ4v) is 2.66. The molecule has 0 saturated carbocycles. The van der Waals surface area contributed by atoms with Gasteiger partial charge in [-0.05, 0) is 25.0 Å². The third-order valence-electron chi connectivity index (χ3n) is 4.21. The highest BCUT2D eigenvalue weighted by atomic mass is 16.5. The van der Waals surface area contributed by atoms with Crippen molar-refractivity contribution in [1.82, 2.24) is 20.1 Å². The van der Waals surface area contributed by atoms with E-state index in [-0.39, 0.29) is 0 Å². The van der Waals surface area contributed by atoms with Crippen molar-refractivity contribution in [3.63, 3.8) is 0 Å². The maximum Gasteiger partial charge on any atom is 0.0927 e. The van der Waals surface area contributed by atoms with Crippen molar-refractivity contribution in [1.29, 1.82) is 0 Å². The van der Waals surface area contributed by atoms with Crippen LogP contribution in [0.5, 0.6) is 0 Å². The van der Waals surface area contributed by atoms with Crippen molar-refractivity contribution in [2.75, 3.05) is 0 Å². The molecule has 0 spiro atoms. The zero-order valence-electron chi connectivity index (χ0n) is 12.7. The lowest BCUT2D eigenvalue weighted by atomic mass is 10.2. The molecule has 0 saturated heterocycles. The van der Waals surface area contributed by atoms with Crippen LogP contribution in [0.3, 0.4) is 0 Å². The van der Waals surface area contributed by atoms with E-state index in [4.69, 9.17) is 4.74 Å². The monoisotopic (exact) mass is 286 g/mol. The Balaban J connectivity index is 1.57. The highest BCUT2D eigenvalue weighted by Gasteiger charge is 2.26. The predicted molar refractivity (Wildman–Crippen MR) is 80.3 cm³/mol. The van der Waals surface area contributed by atoms with E-state index >= 15 is 0 Å². The van der Waals surface area contributed by atoms with E-state index in [1.807, 2.05) is 18.3 Å². The minimum absolute atomic E-state index is 0.551. The number of aromatic nitrogens is 3. The van der Waals surface area contributed by atoms with Gasteiger partial charge in [0.05, 0.1) is 24.6 Å². The summed E-state index contributed by atoms with van der Waals surface area (Å²) < 4.78 is 5.77. The molecule has 0 fully saturated rings. The number of ether oxygens (including phenoxy) is 1. The zero-order valence-corrected chi connectivity index (χ0v) is 12.7. The van der Waals surface area contributed by atoms with Crippen LogP contribution < -0.4 is 0 Å². The molecule has 0 amide bonds. The molecule has 112 valence electrons. The number of pyridine rings is 1. The Morgan fingerprint density at radius 2 is 2.29 bits per heavy atom. The van der Waals surface area contributed by atoms with Crippen LogP contribution in [0, 0.1) is 0 Å². The molecule has 0 bridgehead atoms. The first kappa shape index (κ1) is 14.2. The van der Waals surface area contributed by atoms with E-state index < -0.39 is 0 Å². The van der Waals surface area contributed by atoms with Gasteiger partial charge in [0.15, 0.2) is 0 Å². The van der Waals surface area contributed by atoms with Gasteiger partial charge in [-0.2, -0.15) is 5.10 Å². The van der Waals surface area contributed by atoms with Crippen LogP contribution in [-0.2, 0) is 31.0 Å². The minimum Gasteiger partial charge on any atom is -0.370 e. The second kappa shape index (κ2) is 6.37. The second-order valence-electron chi connectivity index (χ2n) is 5.64. The largest absolute Gasteiger partial charge is 0.370 e. The average Bonchev–Trinajstić information content (AvgIpc) is 3.09. The van der Waals surface area contributed by atoms with E-state index in [9.17, 15) is 0 Å². The molecule has 0 aliphatic carbocycles. The molecular formula is C16H22N4O. The number of nitrogens with zero attached hydrogens (tertiary/aromatic N) is 3. The molecule has 1 unspecified atom stereocenters. The van der Waals surface area contributed by atoms with E-state index in [2.05, 4.69) is 33.9 Å². The van der Waals surface area contributed by atoms with Crippen molar-refractivity contribution in [2.45, 2.75) is 52.6 Å². The fraction of sp³-hybridized carbons (Fsp3) is 0.500. The topological polar surface area (TPSA) is 54.0 Å². The summed E-state index contributed by atoms with van der Waals surface area (Å²) in [5.74, 6) is 0. The minimum atomic E-state index is 0.551. The van der Waals surface area contributed by atoms with Crippen molar-refractivity contribution in [3.05, 3.63) is 47.0 Å². The molecule has 5 nitrogen and oxygen atoms in total. The summed E-state index contributed by atoms with van der Waals surface area (Å²) in [7, 11) is 0. The van der Waals surface area contributed by atoms with Gasteiger partial charge in [-0.1, -0.05) is 13.0 Å². The van der Waals surface area contributed by atoms with Gasteiger partial charge in [0.1, 0.15) is 0 Å². The highest BCUT2D eigenvalue weighted by Crippen LogP contribution is 2.26. The summed E-state index contributed by atoms with van der Waals surface area (Å²) in [5.41, 5.74) is 4.70. The first-order valence-corrected chi connectivity index (χ1v) is 7.53. The smallest absolute Gasteiger partial charge is 0.0927 e. The van der Waals surface area contributed by atoms with Crippen LogP contribution >= 0.6 is 0 Å². The van der Waals surface area contributed by atoms with Crippen LogP contribution in [0.15, 0.2) is 24.5 Å². The van der Waals surface area contributed by atoms with Gasteiger partial charge in [0.25, 0.3) is 0 Å². The van der Waals surface area contributed by atoms with E-state index in [0.717, 1.165) is 24.3 Å². The van der Waals surface area contributed by atoms with Gasteiger partial charge in [-0.15, -0.1) is 0 Å². The zero-order chi connectivity index (χ0) is 14.7. The van der Waals surface area contributed by atoms with Crippen LogP contribution in [0.4, 0.5) is 0 Å². The van der Waals surface area contributed by atoms with E-state index in [0.29, 0.717) is 19.3 Å². The van der Waals surface area contributed by atoms with Gasteiger partial charge in [0, 0.05) is 37.1 Å². The van der Waals surface area contributed by atoms with Crippen molar-refractivity contribution in [2.24, 2.45) is 0 Å². The number of hydrogen-bond donors (Lipinski definition) is 1. The van der Waals surface area contributed by atoms with E-state index in [1.54, 1.807) is 6.20 Å². The molecule has 3 rings (SSSR count). The summed E-state index contributed by atoms with van der Waals surface area (Å²) in [6.07, 6.45) is 4.78. The van der Waals surface area contributed by atoms with Gasteiger partial charge in [0.2, 0.25) is 0 Å². The first-order valence-electron chi connectivity index (χ1n) is 7.53. The molecule has 1 aliphatic heterocycles. The standard InChI is InChI=1S/C16H22N4O/c1-3-12(2)20-8-14-15(9-20)18-19-16(14)11-21-10-13-5-4-6-17-7-13/h4-7,12H,3,8-11H2,1-2H3,(H,18,19). The average molecular weight is 286 g/mol. The number of aromatic amines is 1. The lowest BCUT2D eigenvalue weighted by molar-refractivity contribution is 0.103. The quantitative estimate of drug-likeness (QED) is 0.887. The second-order valence-corrected chi connectivity index (χ2v) is 5.64. The van der Waals surface area contributed by atoms with Gasteiger partial charge >= 0.3 is 0 Å². The SMILES string of the molecule is CCC(C)N1Cc2[nH]nc(COCc3cccnc3)c2C1. The maximum absolute atomic E-state index is 5.77. The Kier molecular flexibility index (Phi) is 4.31. The molecule has 1 atom stereocenters. The highest BCUT2D eigenvalue weighted by molar-refractivity contribution is 5.28. The third-order valence-corrected chi connectivity index (χ3v) is 4.21. The Morgan fingerprint density at radius 3 is 3.05 bits per heavy atom. The molecule has 0 aromatic carbocycles. The summed E-state index contributed by atoms with van der Waals surface area (Å²) in [4.78, 5) is 6.57.